The number of piperidine rings is 2. The molecule has 0 unspecified atom stereocenters. The zero-order valence-electron chi connectivity index (χ0n) is 17.5. The van der Waals surface area contributed by atoms with Crippen molar-refractivity contribution in [3.8, 4) is 0 Å². The number of likely N-dealkylation sites (tertiary alicyclic amines) is 1. The molecule has 5 heterocycles. The molecule has 156 valence electrons. The van der Waals surface area contributed by atoms with Crippen molar-refractivity contribution in [3.63, 3.8) is 0 Å². The number of rotatable bonds is 2. The van der Waals surface area contributed by atoms with Gasteiger partial charge in [-0.15, -0.1) is 0 Å². The van der Waals surface area contributed by atoms with Gasteiger partial charge in [0.25, 0.3) is 0 Å². The van der Waals surface area contributed by atoms with E-state index in [0.29, 0.717) is 5.91 Å². The lowest BCUT2D eigenvalue weighted by Crippen LogP contribution is -2.47. The topological polar surface area (TPSA) is 67.2 Å². The molecule has 7 heteroatoms. The van der Waals surface area contributed by atoms with E-state index in [0.717, 1.165) is 93.6 Å². The molecule has 7 nitrogen and oxygen atoms in total. The van der Waals surface area contributed by atoms with E-state index in [1.54, 1.807) is 6.33 Å². The van der Waals surface area contributed by atoms with Gasteiger partial charge in [0.15, 0.2) is 17.0 Å². The Morgan fingerprint density at radius 2 is 1.86 bits per heavy atom. The number of hydrogen-bond donors (Lipinski definition) is 0. The number of aryl methyl sites for hydroxylation is 2. The smallest absolute Gasteiger partial charge is 0.227 e. The third-order valence-electron chi connectivity index (χ3n) is 7.04. The van der Waals surface area contributed by atoms with Crippen LogP contribution in [0.2, 0.25) is 0 Å². The predicted molar refractivity (Wildman–Crippen MR) is 113 cm³/mol. The van der Waals surface area contributed by atoms with Gasteiger partial charge in [-0.05, 0) is 44.4 Å². The number of hydrogen-bond acceptors (Lipinski definition) is 5. The van der Waals surface area contributed by atoms with Crippen molar-refractivity contribution in [3.05, 3.63) is 12.2 Å². The fourth-order valence-corrected chi connectivity index (χ4v) is 5.22. The first-order valence-electron chi connectivity index (χ1n) is 11.4. The largest absolute Gasteiger partial charge is 0.354 e. The van der Waals surface area contributed by atoms with Crippen molar-refractivity contribution < 1.29 is 4.79 Å². The molecule has 0 saturated carbocycles. The molecule has 2 aromatic heterocycles. The fourth-order valence-electron chi connectivity index (χ4n) is 5.22. The number of carbonyl (C=O) groups excluding carboxylic acids is 1. The van der Waals surface area contributed by atoms with E-state index in [2.05, 4.69) is 31.3 Å². The van der Waals surface area contributed by atoms with Gasteiger partial charge < -0.3 is 14.4 Å². The Morgan fingerprint density at radius 1 is 1.00 bits per heavy atom. The molecule has 1 amide bonds. The van der Waals surface area contributed by atoms with E-state index in [9.17, 15) is 4.79 Å². The summed E-state index contributed by atoms with van der Waals surface area (Å²) >= 11 is 0. The molecule has 0 aliphatic carbocycles. The third-order valence-corrected chi connectivity index (χ3v) is 7.04. The molecule has 1 atom stereocenters. The highest BCUT2D eigenvalue weighted by Crippen LogP contribution is 2.30. The molecule has 5 rings (SSSR count). The molecule has 2 fully saturated rings. The number of anilines is 1. The molecule has 29 heavy (non-hydrogen) atoms. The van der Waals surface area contributed by atoms with Gasteiger partial charge in [-0.3, -0.25) is 4.79 Å². The fraction of sp³-hybridized carbons (Fsp3) is 0.727. The van der Waals surface area contributed by atoms with E-state index < -0.39 is 0 Å². The molecule has 0 spiro atoms. The SMILES string of the molecule is CC1CCN(C(=O)[C@H]2CCCN(c3ncnc4c3nc3n4CCCCC3)C2)CC1. The summed E-state index contributed by atoms with van der Waals surface area (Å²) in [5.74, 6) is 3.22. The van der Waals surface area contributed by atoms with Gasteiger partial charge in [-0.25, -0.2) is 15.0 Å². The summed E-state index contributed by atoms with van der Waals surface area (Å²) in [4.78, 5) is 31.7. The van der Waals surface area contributed by atoms with E-state index in [1.807, 2.05) is 0 Å². The van der Waals surface area contributed by atoms with Gasteiger partial charge >= 0.3 is 0 Å². The predicted octanol–water partition coefficient (Wildman–Crippen LogP) is 3.03. The van der Waals surface area contributed by atoms with Crippen molar-refractivity contribution in [2.75, 3.05) is 31.1 Å². The lowest BCUT2D eigenvalue weighted by molar-refractivity contribution is -0.137. The van der Waals surface area contributed by atoms with Crippen LogP contribution in [0.1, 0.15) is 57.7 Å². The van der Waals surface area contributed by atoms with Crippen LogP contribution >= 0.6 is 0 Å². The zero-order valence-corrected chi connectivity index (χ0v) is 17.5. The molecule has 3 aliphatic rings. The van der Waals surface area contributed by atoms with Gasteiger partial charge in [-0.1, -0.05) is 13.3 Å². The Balaban J connectivity index is 1.38. The van der Waals surface area contributed by atoms with E-state index in [-0.39, 0.29) is 5.92 Å². The summed E-state index contributed by atoms with van der Waals surface area (Å²) in [6.45, 7) is 6.81. The maximum Gasteiger partial charge on any atom is 0.227 e. The van der Waals surface area contributed by atoms with Crippen molar-refractivity contribution in [1.82, 2.24) is 24.4 Å². The maximum atomic E-state index is 13.1. The molecular weight excluding hydrogens is 364 g/mol. The quantitative estimate of drug-likeness (QED) is 0.781. The van der Waals surface area contributed by atoms with Gasteiger partial charge in [0.05, 0.1) is 5.92 Å². The minimum Gasteiger partial charge on any atom is -0.354 e. The Hall–Kier alpha value is -2.18. The van der Waals surface area contributed by atoms with Gasteiger partial charge in [0, 0.05) is 39.1 Å². The Morgan fingerprint density at radius 3 is 2.72 bits per heavy atom. The van der Waals surface area contributed by atoms with E-state index in [4.69, 9.17) is 4.98 Å². The van der Waals surface area contributed by atoms with Crippen LogP contribution in [0.15, 0.2) is 6.33 Å². The number of imidazole rings is 1. The average Bonchev–Trinajstić information content (AvgIpc) is 2.95. The summed E-state index contributed by atoms with van der Waals surface area (Å²) in [5, 5.41) is 0. The van der Waals surface area contributed by atoms with Gasteiger partial charge in [0.1, 0.15) is 12.2 Å². The standard InChI is InChI=1S/C22H32N6O/c1-16-8-12-26(13-9-16)22(29)17-6-5-10-27(14-17)20-19-21(24-15-23-20)28-11-4-2-3-7-18(28)25-19/h15-17H,2-14H2,1H3/t17-/m0/s1. The highest BCUT2D eigenvalue weighted by Gasteiger charge is 2.32. The molecule has 3 aliphatic heterocycles. The van der Waals surface area contributed by atoms with Gasteiger partial charge in [0.2, 0.25) is 5.91 Å². The monoisotopic (exact) mass is 396 g/mol. The average molecular weight is 397 g/mol. The van der Waals surface area contributed by atoms with E-state index >= 15 is 0 Å². The summed E-state index contributed by atoms with van der Waals surface area (Å²) in [6.07, 6.45) is 10.6. The van der Waals surface area contributed by atoms with Crippen molar-refractivity contribution >= 4 is 22.9 Å². The highest BCUT2D eigenvalue weighted by atomic mass is 16.2. The second-order valence-electron chi connectivity index (χ2n) is 9.15. The Kier molecular flexibility index (Phi) is 5.14. The lowest BCUT2D eigenvalue weighted by atomic mass is 9.93. The molecule has 0 bridgehead atoms. The number of carbonyl (C=O) groups is 1. The van der Waals surface area contributed by atoms with Crippen LogP contribution in [-0.4, -0.2) is 56.5 Å². The van der Waals surface area contributed by atoms with Crippen molar-refractivity contribution in [2.24, 2.45) is 11.8 Å². The molecule has 0 N–H and O–H groups in total. The van der Waals surface area contributed by atoms with E-state index in [1.165, 1.54) is 19.3 Å². The van der Waals surface area contributed by atoms with Gasteiger partial charge in [-0.2, -0.15) is 0 Å². The number of fused-ring (bicyclic) bond motifs is 3. The zero-order chi connectivity index (χ0) is 19.8. The van der Waals surface area contributed by atoms with Crippen LogP contribution in [0.5, 0.6) is 0 Å². The summed E-state index contributed by atoms with van der Waals surface area (Å²) < 4.78 is 2.29. The summed E-state index contributed by atoms with van der Waals surface area (Å²) in [5.41, 5.74) is 1.88. The minimum absolute atomic E-state index is 0.0719. The van der Waals surface area contributed by atoms with Crippen LogP contribution in [-0.2, 0) is 17.8 Å². The van der Waals surface area contributed by atoms with Crippen molar-refractivity contribution in [2.45, 2.75) is 64.8 Å². The van der Waals surface area contributed by atoms with Crippen molar-refractivity contribution in [1.29, 1.82) is 0 Å². The van der Waals surface area contributed by atoms with Crippen LogP contribution < -0.4 is 4.90 Å². The normalized spacial score (nSPS) is 23.8. The first kappa shape index (κ1) is 18.8. The van der Waals surface area contributed by atoms with Crippen LogP contribution in [0.4, 0.5) is 5.82 Å². The Labute approximate surface area is 172 Å². The second kappa shape index (κ2) is 7.92. The first-order valence-corrected chi connectivity index (χ1v) is 11.4. The molecule has 0 aromatic carbocycles. The number of amides is 1. The minimum atomic E-state index is 0.0719. The molecule has 2 saturated heterocycles. The third kappa shape index (κ3) is 3.60. The van der Waals surface area contributed by atoms with Crippen LogP contribution in [0.3, 0.4) is 0 Å². The molecule has 0 radical (unpaired) electrons. The second-order valence-corrected chi connectivity index (χ2v) is 9.15. The van der Waals surface area contributed by atoms with Crippen LogP contribution in [0, 0.1) is 11.8 Å². The van der Waals surface area contributed by atoms with Crippen LogP contribution in [0.25, 0.3) is 11.2 Å². The first-order chi connectivity index (χ1) is 14.2. The summed E-state index contributed by atoms with van der Waals surface area (Å²) in [7, 11) is 0. The molecule has 2 aromatic rings. The molecular formula is C22H32N6O. The lowest BCUT2D eigenvalue weighted by Gasteiger charge is -2.37. The Bertz CT molecular complexity index is 885. The summed E-state index contributed by atoms with van der Waals surface area (Å²) in [6, 6.07) is 0. The maximum absolute atomic E-state index is 13.1. The highest BCUT2D eigenvalue weighted by molar-refractivity contribution is 5.85. The number of aromatic nitrogens is 4. The number of nitrogens with zero attached hydrogens (tertiary/aromatic N) is 6.